The fraction of sp³-hybridized carbons (Fsp3) is 0.375. The molecule has 1 aromatic rings. The molecule has 1 heterocycles. The van der Waals surface area contributed by atoms with E-state index < -0.39 is 12.0 Å². The van der Waals surface area contributed by atoms with Crippen molar-refractivity contribution in [1.29, 1.82) is 0 Å². The lowest BCUT2D eigenvalue weighted by Crippen LogP contribution is -2.25. The van der Waals surface area contributed by atoms with E-state index in [-0.39, 0.29) is 0 Å². The highest BCUT2D eigenvalue weighted by Gasteiger charge is 2.11. The van der Waals surface area contributed by atoms with E-state index in [1.54, 1.807) is 6.92 Å². The van der Waals surface area contributed by atoms with Gasteiger partial charge in [0.1, 0.15) is 6.04 Å². The van der Waals surface area contributed by atoms with Crippen LogP contribution < -0.4 is 5.32 Å². The molecule has 0 saturated carbocycles. The largest absolute Gasteiger partial charge is 0.480 e. The van der Waals surface area contributed by atoms with Crippen LogP contribution in [-0.4, -0.2) is 17.1 Å². The number of aliphatic carboxylic acids is 1. The monoisotopic (exact) mass is 185 g/mol. The predicted octanol–water partition coefficient (Wildman–Crippen LogP) is 1.94. The third-order valence-electron chi connectivity index (χ3n) is 1.58. The Hall–Kier alpha value is -1.03. The van der Waals surface area contributed by atoms with Crippen molar-refractivity contribution in [3.63, 3.8) is 0 Å². The minimum Gasteiger partial charge on any atom is -0.480 e. The van der Waals surface area contributed by atoms with Gasteiger partial charge in [0, 0.05) is 0 Å². The second-order valence-corrected chi connectivity index (χ2v) is 3.55. The maximum atomic E-state index is 10.5. The van der Waals surface area contributed by atoms with Crippen LogP contribution in [0.2, 0.25) is 0 Å². The summed E-state index contributed by atoms with van der Waals surface area (Å²) < 4.78 is 0. The molecule has 2 N–H and O–H groups in total. The third kappa shape index (κ3) is 1.98. The molecule has 12 heavy (non-hydrogen) atoms. The van der Waals surface area contributed by atoms with E-state index in [1.165, 1.54) is 11.3 Å². The van der Waals surface area contributed by atoms with Gasteiger partial charge >= 0.3 is 5.97 Å². The molecule has 0 bridgehead atoms. The number of anilines is 1. The molecular formula is C8H11NO2S. The number of thiophene rings is 1. The van der Waals surface area contributed by atoms with Gasteiger partial charge in [-0.1, -0.05) is 0 Å². The molecule has 1 rings (SSSR count). The minimum atomic E-state index is -0.831. The zero-order chi connectivity index (χ0) is 9.14. The maximum Gasteiger partial charge on any atom is 0.325 e. The molecule has 0 radical (unpaired) electrons. The van der Waals surface area contributed by atoms with Crippen molar-refractivity contribution in [2.45, 2.75) is 19.9 Å². The number of rotatable bonds is 3. The van der Waals surface area contributed by atoms with Crippen LogP contribution in [0, 0.1) is 6.92 Å². The van der Waals surface area contributed by atoms with Gasteiger partial charge in [0.2, 0.25) is 0 Å². The molecule has 0 aromatic carbocycles. The van der Waals surface area contributed by atoms with Gasteiger partial charge in [0.15, 0.2) is 0 Å². The van der Waals surface area contributed by atoms with Gasteiger partial charge in [-0.3, -0.25) is 4.79 Å². The highest BCUT2D eigenvalue weighted by molar-refractivity contribution is 7.14. The van der Waals surface area contributed by atoms with E-state index in [0.717, 1.165) is 10.6 Å². The first kappa shape index (κ1) is 9.06. The Morgan fingerprint density at radius 3 is 2.83 bits per heavy atom. The van der Waals surface area contributed by atoms with E-state index in [9.17, 15) is 4.79 Å². The SMILES string of the molecule is Cc1ccsc1NC(C)C(=O)O. The average Bonchev–Trinajstić information content (AvgIpc) is 2.36. The van der Waals surface area contributed by atoms with Gasteiger partial charge in [0.25, 0.3) is 0 Å². The summed E-state index contributed by atoms with van der Waals surface area (Å²) >= 11 is 1.52. The molecule has 0 saturated heterocycles. The maximum absolute atomic E-state index is 10.5. The van der Waals surface area contributed by atoms with Crippen LogP contribution in [0.25, 0.3) is 0 Å². The number of hydrogen-bond acceptors (Lipinski definition) is 3. The summed E-state index contributed by atoms with van der Waals surface area (Å²) in [4.78, 5) is 10.5. The molecule has 4 heteroatoms. The number of nitrogens with one attached hydrogen (secondary N) is 1. The second kappa shape index (κ2) is 3.58. The lowest BCUT2D eigenvalue weighted by Gasteiger charge is -2.08. The number of aryl methyl sites for hydroxylation is 1. The molecule has 0 spiro atoms. The second-order valence-electron chi connectivity index (χ2n) is 2.64. The molecule has 1 unspecified atom stereocenters. The quantitative estimate of drug-likeness (QED) is 0.756. The molecule has 0 aliphatic carbocycles. The molecule has 0 aliphatic heterocycles. The molecule has 1 aromatic heterocycles. The van der Waals surface area contributed by atoms with Gasteiger partial charge < -0.3 is 10.4 Å². The van der Waals surface area contributed by atoms with Crippen molar-refractivity contribution in [3.8, 4) is 0 Å². The summed E-state index contributed by atoms with van der Waals surface area (Å²) in [5.74, 6) is -0.831. The topological polar surface area (TPSA) is 49.3 Å². The average molecular weight is 185 g/mol. The van der Waals surface area contributed by atoms with Crippen LogP contribution in [-0.2, 0) is 4.79 Å². The smallest absolute Gasteiger partial charge is 0.325 e. The van der Waals surface area contributed by atoms with Crippen molar-refractivity contribution in [2.24, 2.45) is 0 Å². The fourth-order valence-corrected chi connectivity index (χ4v) is 1.69. The van der Waals surface area contributed by atoms with Crippen molar-refractivity contribution in [2.75, 3.05) is 5.32 Å². The first-order valence-electron chi connectivity index (χ1n) is 3.64. The zero-order valence-corrected chi connectivity index (χ0v) is 7.81. The van der Waals surface area contributed by atoms with Gasteiger partial charge in [-0.2, -0.15) is 0 Å². The Morgan fingerprint density at radius 2 is 2.42 bits per heavy atom. The first-order valence-corrected chi connectivity index (χ1v) is 4.52. The Morgan fingerprint density at radius 1 is 1.75 bits per heavy atom. The normalized spacial score (nSPS) is 12.5. The van der Waals surface area contributed by atoms with E-state index in [0.29, 0.717) is 0 Å². The van der Waals surface area contributed by atoms with E-state index >= 15 is 0 Å². The van der Waals surface area contributed by atoms with E-state index in [2.05, 4.69) is 5.32 Å². The highest BCUT2D eigenvalue weighted by atomic mass is 32.1. The van der Waals surface area contributed by atoms with Crippen LogP contribution in [0.4, 0.5) is 5.00 Å². The van der Waals surface area contributed by atoms with Gasteiger partial charge in [-0.15, -0.1) is 11.3 Å². The van der Waals surface area contributed by atoms with Crippen LogP contribution >= 0.6 is 11.3 Å². The summed E-state index contributed by atoms with van der Waals surface area (Å²) in [6.45, 7) is 3.58. The van der Waals surface area contributed by atoms with Gasteiger partial charge in [-0.05, 0) is 30.9 Å². The molecule has 0 amide bonds. The standard InChI is InChI=1S/C8H11NO2S/c1-5-3-4-12-7(5)9-6(2)8(10)11/h3-4,6,9H,1-2H3,(H,10,11). The Balaban J connectivity index is 2.64. The van der Waals surface area contributed by atoms with Crippen LogP contribution in [0.1, 0.15) is 12.5 Å². The fourth-order valence-electron chi connectivity index (χ4n) is 0.779. The van der Waals surface area contributed by atoms with Crippen LogP contribution in [0.15, 0.2) is 11.4 Å². The Kier molecular flexibility index (Phi) is 2.70. The van der Waals surface area contributed by atoms with Gasteiger partial charge in [0.05, 0.1) is 5.00 Å². The van der Waals surface area contributed by atoms with Crippen molar-refractivity contribution >= 4 is 22.3 Å². The predicted molar refractivity (Wildman–Crippen MR) is 49.8 cm³/mol. The lowest BCUT2D eigenvalue weighted by atomic mass is 10.3. The summed E-state index contributed by atoms with van der Waals surface area (Å²) in [5.41, 5.74) is 1.09. The Labute approximate surface area is 75.0 Å². The lowest BCUT2D eigenvalue weighted by molar-refractivity contribution is -0.137. The first-order chi connectivity index (χ1) is 5.61. The molecule has 3 nitrogen and oxygen atoms in total. The zero-order valence-electron chi connectivity index (χ0n) is 7.00. The number of hydrogen-bond donors (Lipinski definition) is 2. The summed E-state index contributed by atoms with van der Waals surface area (Å²) in [6.07, 6.45) is 0. The third-order valence-corrected chi connectivity index (χ3v) is 2.53. The number of carboxylic acids is 1. The number of carboxylic acid groups (broad SMARTS) is 1. The van der Waals surface area contributed by atoms with Crippen LogP contribution in [0.5, 0.6) is 0 Å². The molecule has 1 atom stereocenters. The number of carbonyl (C=O) groups is 1. The summed E-state index contributed by atoms with van der Waals surface area (Å²) in [6, 6.07) is 1.43. The van der Waals surface area contributed by atoms with E-state index in [4.69, 9.17) is 5.11 Å². The summed E-state index contributed by atoms with van der Waals surface area (Å²) in [5, 5.41) is 14.4. The van der Waals surface area contributed by atoms with Gasteiger partial charge in [-0.25, -0.2) is 0 Å². The van der Waals surface area contributed by atoms with Crippen molar-refractivity contribution < 1.29 is 9.90 Å². The molecule has 66 valence electrons. The molecular weight excluding hydrogens is 174 g/mol. The highest BCUT2D eigenvalue weighted by Crippen LogP contribution is 2.22. The van der Waals surface area contributed by atoms with Crippen LogP contribution in [0.3, 0.4) is 0 Å². The van der Waals surface area contributed by atoms with Crippen molar-refractivity contribution in [1.82, 2.24) is 0 Å². The molecule has 0 fully saturated rings. The minimum absolute atomic E-state index is 0.526. The van der Waals surface area contributed by atoms with E-state index in [1.807, 2.05) is 18.4 Å². The van der Waals surface area contributed by atoms with Crippen molar-refractivity contribution in [3.05, 3.63) is 17.0 Å². The Bertz CT molecular complexity index is 282. The summed E-state index contributed by atoms with van der Waals surface area (Å²) in [7, 11) is 0. The molecule has 0 aliphatic rings.